The van der Waals surface area contributed by atoms with E-state index in [1.54, 1.807) is 25.3 Å². The number of rotatable bonds is 2. The van der Waals surface area contributed by atoms with E-state index in [0.717, 1.165) is 0 Å². The Balaban J connectivity index is 2.36. The van der Waals surface area contributed by atoms with Crippen LogP contribution >= 0.6 is 0 Å². The van der Waals surface area contributed by atoms with Crippen molar-refractivity contribution < 1.29 is 14.6 Å². The number of ether oxygens (including phenoxy) is 1. The van der Waals surface area contributed by atoms with Crippen molar-refractivity contribution in [3.63, 3.8) is 0 Å². The fourth-order valence-corrected chi connectivity index (χ4v) is 1.65. The van der Waals surface area contributed by atoms with Crippen molar-refractivity contribution in [2.75, 3.05) is 14.2 Å². The van der Waals surface area contributed by atoms with Crippen LogP contribution in [0.1, 0.15) is 5.56 Å². The minimum atomic E-state index is -0.335. The Bertz CT molecular complexity index is 551. The smallest absolute Gasteiger partial charge is 0.274 e. The van der Waals surface area contributed by atoms with E-state index in [1.165, 1.54) is 18.1 Å². The molecule has 1 saturated heterocycles. The summed E-state index contributed by atoms with van der Waals surface area (Å²) < 4.78 is 4.93. The van der Waals surface area contributed by atoms with E-state index in [4.69, 9.17) is 10.1 Å². The molecule has 0 radical (unpaired) electrons. The van der Waals surface area contributed by atoms with Gasteiger partial charge in [-0.15, -0.1) is 0 Å². The molecule has 0 aromatic heterocycles. The molecule has 1 aromatic rings. The molecule has 94 valence electrons. The third-order valence-electron chi connectivity index (χ3n) is 2.67. The Kier molecular flexibility index (Phi) is 2.93. The summed E-state index contributed by atoms with van der Waals surface area (Å²) >= 11 is 0. The molecule has 0 aliphatic carbocycles. The second-order valence-corrected chi connectivity index (χ2v) is 3.82. The molecular formula is C12H13N3O3. The molecule has 1 fully saturated rings. The van der Waals surface area contributed by atoms with Crippen LogP contribution in [0, 0.1) is 5.41 Å². The topological polar surface area (TPSA) is 85.7 Å². The highest BCUT2D eigenvalue weighted by molar-refractivity contribution is 6.14. The summed E-state index contributed by atoms with van der Waals surface area (Å²) in [7, 11) is 3.09. The lowest BCUT2D eigenvalue weighted by molar-refractivity contribution is -0.115. The van der Waals surface area contributed by atoms with Gasteiger partial charge in [-0.3, -0.25) is 15.5 Å². The number of phenols is 1. The van der Waals surface area contributed by atoms with Gasteiger partial charge in [-0.2, -0.15) is 0 Å². The van der Waals surface area contributed by atoms with Crippen LogP contribution in [0.15, 0.2) is 23.9 Å². The number of carbonyl (C=O) groups is 1. The molecule has 1 aromatic carbocycles. The molecule has 0 unspecified atom stereocenters. The van der Waals surface area contributed by atoms with Crippen LogP contribution in [0.25, 0.3) is 6.08 Å². The lowest BCUT2D eigenvalue weighted by Crippen LogP contribution is -2.25. The standard InChI is InChI=1S/C12H13N3O3/c1-15-8(11(17)14-12(15)13)5-7-3-4-10(18-2)9(16)6-7/h3-6,16H,1-2H3,(H2,13,14,17)/b8-5+. The number of amides is 1. The predicted molar refractivity (Wildman–Crippen MR) is 66.3 cm³/mol. The molecule has 0 spiro atoms. The highest BCUT2D eigenvalue weighted by Gasteiger charge is 2.26. The van der Waals surface area contributed by atoms with Gasteiger partial charge in [-0.25, -0.2) is 0 Å². The highest BCUT2D eigenvalue weighted by atomic mass is 16.5. The first-order valence-corrected chi connectivity index (χ1v) is 5.25. The van der Waals surface area contributed by atoms with E-state index in [9.17, 15) is 9.90 Å². The summed E-state index contributed by atoms with van der Waals surface area (Å²) in [6.07, 6.45) is 1.59. The summed E-state index contributed by atoms with van der Waals surface area (Å²) in [5.74, 6) is 0.0684. The van der Waals surface area contributed by atoms with Gasteiger partial charge in [0.15, 0.2) is 11.5 Å². The van der Waals surface area contributed by atoms with Crippen molar-refractivity contribution in [1.29, 1.82) is 5.41 Å². The van der Waals surface area contributed by atoms with E-state index in [0.29, 0.717) is 17.0 Å². The molecule has 0 saturated carbocycles. The van der Waals surface area contributed by atoms with E-state index in [1.807, 2.05) is 0 Å². The predicted octanol–water partition coefficient (Wildman–Crippen LogP) is 0.738. The lowest BCUT2D eigenvalue weighted by atomic mass is 10.1. The highest BCUT2D eigenvalue weighted by Crippen LogP contribution is 2.27. The number of hydrogen-bond acceptors (Lipinski definition) is 4. The molecular weight excluding hydrogens is 234 g/mol. The number of carbonyl (C=O) groups excluding carboxylic acids is 1. The van der Waals surface area contributed by atoms with Gasteiger partial charge in [0.2, 0.25) is 5.96 Å². The molecule has 6 nitrogen and oxygen atoms in total. The summed E-state index contributed by atoms with van der Waals surface area (Å²) in [6.45, 7) is 0. The zero-order valence-electron chi connectivity index (χ0n) is 10.0. The number of hydrogen-bond donors (Lipinski definition) is 3. The molecule has 1 heterocycles. The van der Waals surface area contributed by atoms with Gasteiger partial charge in [-0.05, 0) is 23.8 Å². The number of likely N-dealkylation sites (N-methyl/N-ethyl adjacent to an activating group) is 1. The van der Waals surface area contributed by atoms with Gasteiger partial charge in [0.1, 0.15) is 5.70 Å². The number of nitrogens with one attached hydrogen (secondary N) is 2. The summed E-state index contributed by atoms with van der Waals surface area (Å²) in [5, 5.41) is 19.5. The first kappa shape index (κ1) is 12.0. The summed E-state index contributed by atoms with van der Waals surface area (Å²) in [4.78, 5) is 13.0. The molecule has 18 heavy (non-hydrogen) atoms. The van der Waals surface area contributed by atoms with Crippen molar-refractivity contribution in [2.24, 2.45) is 0 Å². The number of methoxy groups -OCH3 is 1. The zero-order chi connectivity index (χ0) is 13.3. The molecule has 6 heteroatoms. The number of guanidine groups is 1. The number of phenolic OH excluding ortho intramolecular Hbond substituents is 1. The Labute approximate surface area is 104 Å². The van der Waals surface area contributed by atoms with E-state index >= 15 is 0 Å². The molecule has 0 atom stereocenters. The van der Waals surface area contributed by atoms with E-state index < -0.39 is 0 Å². The second kappa shape index (κ2) is 4.40. The van der Waals surface area contributed by atoms with Crippen molar-refractivity contribution >= 4 is 17.9 Å². The van der Waals surface area contributed by atoms with Crippen LogP contribution in [0.3, 0.4) is 0 Å². The third kappa shape index (κ3) is 2.00. The number of nitrogens with zero attached hydrogens (tertiary/aromatic N) is 1. The Hall–Kier alpha value is -2.50. The van der Waals surface area contributed by atoms with Gasteiger partial charge in [0, 0.05) is 7.05 Å². The molecule has 1 amide bonds. The first-order valence-electron chi connectivity index (χ1n) is 5.25. The van der Waals surface area contributed by atoms with Crippen LogP contribution in [-0.2, 0) is 4.79 Å². The fourth-order valence-electron chi connectivity index (χ4n) is 1.65. The maximum atomic E-state index is 11.6. The largest absolute Gasteiger partial charge is 0.504 e. The van der Waals surface area contributed by atoms with Crippen molar-refractivity contribution in [3.8, 4) is 11.5 Å². The Morgan fingerprint density at radius 2 is 2.22 bits per heavy atom. The molecule has 2 rings (SSSR count). The van der Waals surface area contributed by atoms with Gasteiger partial charge in [0.05, 0.1) is 7.11 Å². The van der Waals surface area contributed by atoms with Crippen LogP contribution in [0.5, 0.6) is 11.5 Å². The van der Waals surface area contributed by atoms with E-state index in [2.05, 4.69) is 5.32 Å². The second-order valence-electron chi connectivity index (χ2n) is 3.82. The SMILES string of the molecule is COc1ccc(/C=C2\C(=O)NC(=N)N2C)cc1O. The van der Waals surface area contributed by atoms with Crippen LogP contribution in [-0.4, -0.2) is 36.0 Å². The van der Waals surface area contributed by atoms with Gasteiger partial charge in [0.25, 0.3) is 5.91 Å². The maximum absolute atomic E-state index is 11.6. The maximum Gasteiger partial charge on any atom is 0.274 e. The minimum Gasteiger partial charge on any atom is -0.504 e. The van der Waals surface area contributed by atoms with Crippen molar-refractivity contribution in [3.05, 3.63) is 29.5 Å². The number of aromatic hydroxyl groups is 1. The van der Waals surface area contributed by atoms with E-state index in [-0.39, 0.29) is 17.6 Å². The molecule has 0 bridgehead atoms. The average Bonchev–Trinajstić information content (AvgIpc) is 2.56. The number of benzene rings is 1. The van der Waals surface area contributed by atoms with Gasteiger partial charge >= 0.3 is 0 Å². The molecule has 1 aliphatic heterocycles. The van der Waals surface area contributed by atoms with Crippen LogP contribution < -0.4 is 10.1 Å². The van der Waals surface area contributed by atoms with Gasteiger partial charge < -0.3 is 14.7 Å². The normalized spacial score (nSPS) is 17.2. The first-order chi connectivity index (χ1) is 8.52. The van der Waals surface area contributed by atoms with Crippen molar-refractivity contribution in [1.82, 2.24) is 10.2 Å². The van der Waals surface area contributed by atoms with Crippen LogP contribution in [0.4, 0.5) is 0 Å². The minimum absolute atomic E-state index is 0.00276. The zero-order valence-corrected chi connectivity index (χ0v) is 10.0. The molecule has 3 N–H and O–H groups in total. The lowest BCUT2D eigenvalue weighted by Gasteiger charge is -2.09. The fraction of sp³-hybridized carbons (Fsp3) is 0.167. The third-order valence-corrected chi connectivity index (χ3v) is 2.67. The van der Waals surface area contributed by atoms with Gasteiger partial charge in [-0.1, -0.05) is 6.07 Å². The van der Waals surface area contributed by atoms with Crippen molar-refractivity contribution in [2.45, 2.75) is 0 Å². The Morgan fingerprint density at radius 1 is 1.50 bits per heavy atom. The molecule has 1 aliphatic rings. The summed E-state index contributed by atoms with van der Waals surface area (Å²) in [5.41, 5.74) is 1.00. The Morgan fingerprint density at radius 3 is 2.72 bits per heavy atom. The summed E-state index contributed by atoms with van der Waals surface area (Å²) in [6, 6.07) is 4.82. The average molecular weight is 247 g/mol. The monoisotopic (exact) mass is 247 g/mol. The van der Waals surface area contributed by atoms with Crippen LogP contribution in [0.2, 0.25) is 0 Å². The quantitative estimate of drug-likeness (QED) is 0.673.